The van der Waals surface area contributed by atoms with E-state index in [0.29, 0.717) is 24.3 Å². The van der Waals surface area contributed by atoms with Gasteiger partial charge in [0, 0.05) is 12.0 Å². The number of aromatic nitrogens is 1. The molecule has 0 fully saturated rings. The number of hydrogen-bond acceptors (Lipinski definition) is 5. The zero-order valence-corrected chi connectivity index (χ0v) is 14.6. The van der Waals surface area contributed by atoms with Gasteiger partial charge in [-0.05, 0) is 36.4 Å². The topological polar surface area (TPSA) is 68.3 Å². The molecule has 3 aromatic rings. The molecule has 0 unspecified atom stereocenters. The fourth-order valence-electron chi connectivity index (χ4n) is 2.31. The normalized spacial score (nSPS) is 10.6. The molecule has 0 aliphatic carbocycles. The summed E-state index contributed by atoms with van der Waals surface area (Å²) < 4.78 is 6.54. The third-order valence-electron chi connectivity index (χ3n) is 3.64. The SMILES string of the molecule is CCC(=O)c1ccc(OCC(=O)NCc2nc3ccccc3s2)cc1. The maximum Gasteiger partial charge on any atom is 0.258 e. The van der Waals surface area contributed by atoms with Crippen molar-refractivity contribution in [1.82, 2.24) is 10.3 Å². The highest BCUT2D eigenvalue weighted by molar-refractivity contribution is 7.18. The van der Waals surface area contributed by atoms with Gasteiger partial charge in [0.05, 0.1) is 16.8 Å². The van der Waals surface area contributed by atoms with Crippen molar-refractivity contribution in [1.29, 1.82) is 0 Å². The number of amides is 1. The smallest absolute Gasteiger partial charge is 0.258 e. The van der Waals surface area contributed by atoms with Gasteiger partial charge in [-0.25, -0.2) is 4.98 Å². The van der Waals surface area contributed by atoms with Crippen LogP contribution < -0.4 is 10.1 Å². The molecule has 5 nitrogen and oxygen atoms in total. The highest BCUT2D eigenvalue weighted by Crippen LogP contribution is 2.21. The number of benzene rings is 2. The van der Waals surface area contributed by atoms with Crippen LogP contribution in [0.5, 0.6) is 5.75 Å². The van der Waals surface area contributed by atoms with Gasteiger partial charge in [-0.15, -0.1) is 11.3 Å². The number of carbonyl (C=O) groups is 2. The first-order valence-corrected chi connectivity index (χ1v) is 8.84. The van der Waals surface area contributed by atoms with Crippen molar-refractivity contribution >= 4 is 33.2 Å². The third-order valence-corrected chi connectivity index (χ3v) is 4.68. The molecule has 1 aromatic heterocycles. The number of ketones is 1. The summed E-state index contributed by atoms with van der Waals surface area (Å²) in [6, 6.07) is 14.7. The lowest BCUT2D eigenvalue weighted by atomic mass is 10.1. The van der Waals surface area contributed by atoms with Crippen LogP contribution in [-0.2, 0) is 11.3 Å². The number of carbonyl (C=O) groups excluding carboxylic acids is 2. The van der Waals surface area contributed by atoms with Gasteiger partial charge in [0.15, 0.2) is 12.4 Å². The molecule has 1 N–H and O–H groups in total. The van der Waals surface area contributed by atoms with E-state index in [2.05, 4.69) is 10.3 Å². The summed E-state index contributed by atoms with van der Waals surface area (Å²) in [5.74, 6) is 0.427. The van der Waals surface area contributed by atoms with E-state index in [1.165, 1.54) is 0 Å². The van der Waals surface area contributed by atoms with Gasteiger partial charge >= 0.3 is 0 Å². The average molecular weight is 354 g/mol. The molecule has 0 aliphatic heterocycles. The van der Waals surface area contributed by atoms with Crippen molar-refractivity contribution in [3.63, 3.8) is 0 Å². The van der Waals surface area contributed by atoms with Crippen molar-refractivity contribution in [3.05, 3.63) is 59.1 Å². The molecule has 25 heavy (non-hydrogen) atoms. The van der Waals surface area contributed by atoms with Crippen LogP contribution in [0.2, 0.25) is 0 Å². The van der Waals surface area contributed by atoms with Crippen LogP contribution in [0, 0.1) is 0 Å². The second-order valence-electron chi connectivity index (χ2n) is 5.44. The second kappa shape index (κ2) is 7.90. The Morgan fingerprint density at radius 3 is 2.60 bits per heavy atom. The lowest BCUT2D eigenvalue weighted by Gasteiger charge is -2.07. The van der Waals surface area contributed by atoms with Crippen molar-refractivity contribution in [2.24, 2.45) is 0 Å². The van der Waals surface area contributed by atoms with E-state index in [0.717, 1.165) is 15.2 Å². The summed E-state index contributed by atoms with van der Waals surface area (Å²) in [6.45, 7) is 2.12. The predicted octanol–water partition coefficient (Wildman–Crippen LogP) is 3.58. The van der Waals surface area contributed by atoms with Gasteiger partial charge in [0.1, 0.15) is 10.8 Å². The lowest BCUT2D eigenvalue weighted by Crippen LogP contribution is -2.28. The molecule has 128 valence electrons. The van der Waals surface area contributed by atoms with Gasteiger partial charge in [0.25, 0.3) is 5.91 Å². The van der Waals surface area contributed by atoms with Gasteiger partial charge in [-0.1, -0.05) is 19.1 Å². The predicted molar refractivity (Wildman–Crippen MR) is 98.0 cm³/mol. The molecular weight excluding hydrogens is 336 g/mol. The minimum atomic E-state index is -0.215. The highest BCUT2D eigenvalue weighted by Gasteiger charge is 2.07. The van der Waals surface area contributed by atoms with E-state index in [1.807, 2.05) is 31.2 Å². The molecule has 6 heteroatoms. The van der Waals surface area contributed by atoms with Crippen molar-refractivity contribution < 1.29 is 14.3 Å². The third kappa shape index (κ3) is 4.42. The maximum atomic E-state index is 11.9. The quantitative estimate of drug-likeness (QED) is 0.659. The van der Waals surface area contributed by atoms with E-state index in [9.17, 15) is 9.59 Å². The Balaban J connectivity index is 1.48. The fraction of sp³-hybridized carbons (Fsp3) is 0.211. The van der Waals surface area contributed by atoms with E-state index in [4.69, 9.17) is 4.74 Å². The summed E-state index contributed by atoms with van der Waals surface area (Å²) in [5, 5.41) is 3.66. The van der Waals surface area contributed by atoms with E-state index >= 15 is 0 Å². The number of nitrogens with one attached hydrogen (secondary N) is 1. The van der Waals surface area contributed by atoms with Gasteiger partial charge in [0.2, 0.25) is 0 Å². The first-order valence-electron chi connectivity index (χ1n) is 8.03. The summed E-state index contributed by atoms with van der Waals surface area (Å²) in [4.78, 5) is 27.9. The van der Waals surface area contributed by atoms with Crippen LogP contribution in [0.4, 0.5) is 0 Å². The van der Waals surface area contributed by atoms with E-state index in [1.54, 1.807) is 35.6 Å². The minimum absolute atomic E-state index is 0.0774. The van der Waals surface area contributed by atoms with Gasteiger partial charge < -0.3 is 10.1 Å². The minimum Gasteiger partial charge on any atom is -0.484 e. The maximum absolute atomic E-state index is 11.9. The average Bonchev–Trinajstić information content (AvgIpc) is 3.07. The van der Waals surface area contributed by atoms with Crippen LogP contribution in [-0.4, -0.2) is 23.3 Å². The number of Topliss-reactive ketones (excluding diaryl/α,β-unsaturated/α-hetero) is 1. The van der Waals surface area contributed by atoms with Crippen LogP contribution in [0.25, 0.3) is 10.2 Å². The highest BCUT2D eigenvalue weighted by atomic mass is 32.1. The Kier molecular flexibility index (Phi) is 5.40. The molecular formula is C19H18N2O3S. The first-order chi connectivity index (χ1) is 12.2. The Bertz CT molecular complexity index is 854. The molecule has 0 bridgehead atoms. The monoisotopic (exact) mass is 354 g/mol. The standard InChI is InChI=1S/C19H18N2O3S/c1-2-16(22)13-7-9-14(10-8-13)24-12-18(23)20-11-19-21-15-5-3-4-6-17(15)25-19/h3-10H,2,11-12H2,1H3,(H,20,23). The lowest BCUT2D eigenvalue weighted by molar-refractivity contribution is -0.123. The van der Waals surface area contributed by atoms with Crippen molar-refractivity contribution in [2.75, 3.05) is 6.61 Å². The Hall–Kier alpha value is -2.73. The van der Waals surface area contributed by atoms with Crippen LogP contribution in [0.1, 0.15) is 28.7 Å². The summed E-state index contributed by atoms with van der Waals surface area (Å²) in [5.41, 5.74) is 1.59. The molecule has 0 saturated heterocycles. The number of para-hydroxylation sites is 1. The molecule has 2 aromatic carbocycles. The molecule has 0 saturated carbocycles. The molecule has 0 aliphatic rings. The summed E-state index contributed by atoms with van der Waals surface area (Å²) in [7, 11) is 0. The number of thiazole rings is 1. The zero-order valence-electron chi connectivity index (χ0n) is 13.8. The summed E-state index contributed by atoms with van der Waals surface area (Å²) >= 11 is 1.56. The number of nitrogens with zero attached hydrogens (tertiary/aromatic N) is 1. The number of fused-ring (bicyclic) bond motifs is 1. The first kappa shape index (κ1) is 17.1. The zero-order chi connectivity index (χ0) is 17.6. The van der Waals surface area contributed by atoms with Crippen LogP contribution in [0.3, 0.4) is 0 Å². The molecule has 3 rings (SSSR count). The Labute approximate surface area is 149 Å². The van der Waals surface area contributed by atoms with Crippen LogP contribution >= 0.6 is 11.3 Å². The number of rotatable bonds is 7. The van der Waals surface area contributed by atoms with Crippen molar-refractivity contribution in [3.8, 4) is 5.75 Å². The molecule has 0 atom stereocenters. The van der Waals surface area contributed by atoms with Gasteiger partial charge in [-0.3, -0.25) is 9.59 Å². The van der Waals surface area contributed by atoms with E-state index < -0.39 is 0 Å². The largest absolute Gasteiger partial charge is 0.484 e. The van der Waals surface area contributed by atoms with Crippen LogP contribution in [0.15, 0.2) is 48.5 Å². The number of hydrogen-bond donors (Lipinski definition) is 1. The number of ether oxygens (including phenoxy) is 1. The Morgan fingerprint density at radius 2 is 1.88 bits per heavy atom. The molecule has 0 radical (unpaired) electrons. The Morgan fingerprint density at radius 1 is 1.12 bits per heavy atom. The fourth-order valence-corrected chi connectivity index (χ4v) is 3.22. The molecule has 1 heterocycles. The summed E-state index contributed by atoms with van der Waals surface area (Å²) in [6.07, 6.45) is 0.467. The van der Waals surface area contributed by atoms with Crippen molar-refractivity contribution in [2.45, 2.75) is 19.9 Å². The molecule has 0 spiro atoms. The second-order valence-corrected chi connectivity index (χ2v) is 6.56. The van der Waals surface area contributed by atoms with Gasteiger partial charge in [-0.2, -0.15) is 0 Å². The molecule has 1 amide bonds. The van der Waals surface area contributed by atoms with E-state index in [-0.39, 0.29) is 18.3 Å².